The van der Waals surface area contributed by atoms with E-state index in [-0.39, 0.29) is 17.2 Å². The highest BCUT2D eigenvalue weighted by atomic mass is 16.1. The van der Waals surface area contributed by atoms with E-state index in [1.54, 1.807) is 0 Å². The number of hydrogen-bond acceptors (Lipinski definition) is 2. The Bertz CT molecular complexity index is 173. The smallest absolute Gasteiger partial charge is 0.155 e. The SMILES string of the molecule is CCC(C)(C)C(=O)[C@H](N)CC(C)C. The Morgan fingerprint density at radius 2 is 1.85 bits per heavy atom. The first-order valence-electron chi connectivity index (χ1n) is 5.11. The molecule has 0 aromatic rings. The Hall–Kier alpha value is -0.370. The molecular formula is C11H23NO. The van der Waals surface area contributed by atoms with Gasteiger partial charge in [0.05, 0.1) is 6.04 Å². The molecule has 0 heterocycles. The van der Waals surface area contributed by atoms with Crippen LogP contribution in [0, 0.1) is 11.3 Å². The summed E-state index contributed by atoms with van der Waals surface area (Å²) in [4.78, 5) is 11.8. The molecule has 0 aliphatic carbocycles. The molecule has 0 rings (SSSR count). The fraction of sp³-hybridized carbons (Fsp3) is 0.909. The summed E-state index contributed by atoms with van der Waals surface area (Å²) in [5.41, 5.74) is 5.57. The van der Waals surface area contributed by atoms with Gasteiger partial charge in [-0.15, -0.1) is 0 Å². The summed E-state index contributed by atoms with van der Waals surface area (Å²) in [5, 5.41) is 0. The highest BCUT2D eigenvalue weighted by Gasteiger charge is 2.29. The molecule has 0 bridgehead atoms. The van der Waals surface area contributed by atoms with E-state index in [9.17, 15) is 4.79 Å². The highest BCUT2D eigenvalue weighted by Crippen LogP contribution is 2.23. The molecule has 0 saturated heterocycles. The van der Waals surface area contributed by atoms with Gasteiger partial charge in [0, 0.05) is 5.41 Å². The van der Waals surface area contributed by atoms with E-state index in [0.29, 0.717) is 5.92 Å². The number of rotatable bonds is 5. The number of Topliss-reactive ketones (excluding diaryl/α,β-unsaturated/α-hetero) is 1. The van der Waals surface area contributed by atoms with E-state index in [4.69, 9.17) is 5.73 Å². The Morgan fingerprint density at radius 1 is 1.38 bits per heavy atom. The first-order chi connectivity index (χ1) is 5.81. The molecule has 78 valence electrons. The van der Waals surface area contributed by atoms with E-state index < -0.39 is 0 Å². The Labute approximate surface area is 81.9 Å². The number of ketones is 1. The molecular weight excluding hydrogens is 162 g/mol. The van der Waals surface area contributed by atoms with Gasteiger partial charge in [-0.1, -0.05) is 34.6 Å². The van der Waals surface area contributed by atoms with Crippen molar-refractivity contribution in [2.75, 3.05) is 0 Å². The monoisotopic (exact) mass is 185 g/mol. The van der Waals surface area contributed by atoms with Crippen LogP contribution in [0.1, 0.15) is 47.5 Å². The molecule has 0 aliphatic heterocycles. The second-order valence-electron chi connectivity index (χ2n) is 4.84. The topological polar surface area (TPSA) is 43.1 Å². The minimum Gasteiger partial charge on any atom is -0.321 e. The van der Waals surface area contributed by atoms with Crippen LogP contribution in [0.15, 0.2) is 0 Å². The molecule has 13 heavy (non-hydrogen) atoms. The van der Waals surface area contributed by atoms with E-state index >= 15 is 0 Å². The fourth-order valence-corrected chi connectivity index (χ4v) is 1.29. The minimum atomic E-state index is -0.282. The van der Waals surface area contributed by atoms with Crippen LogP contribution in [-0.4, -0.2) is 11.8 Å². The molecule has 2 N–H and O–H groups in total. The van der Waals surface area contributed by atoms with Crippen LogP contribution in [0.2, 0.25) is 0 Å². The van der Waals surface area contributed by atoms with Crippen molar-refractivity contribution >= 4 is 5.78 Å². The van der Waals surface area contributed by atoms with Crippen LogP contribution < -0.4 is 5.73 Å². The molecule has 0 aromatic heterocycles. The molecule has 2 heteroatoms. The number of nitrogens with two attached hydrogens (primary N) is 1. The lowest BCUT2D eigenvalue weighted by atomic mass is 9.80. The molecule has 2 nitrogen and oxygen atoms in total. The van der Waals surface area contributed by atoms with Gasteiger partial charge < -0.3 is 5.73 Å². The third-order valence-corrected chi connectivity index (χ3v) is 2.61. The molecule has 0 fully saturated rings. The minimum absolute atomic E-state index is 0.198. The van der Waals surface area contributed by atoms with Crippen molar-refractivity contribution in [3.63, 3.8) is 0 Å². The predicted molar refractivity (Wildman–Crippen MR) is 56.5 cm³/mol. The average Bonchev–Trinajstić information content (AvgIpc) is 2.01. The normalized spacial score (nSPS) is 14.7. The zero-order valence-electron chi connectivity index (χ0n) is 9.55. The van der Waals surface area contributed by atoms with Gasteiger partial charge in [0.1, 0.15) is 0 Å². The van der Waals surface area contributed by atoms with Gasteiger partial charge in [0.2, 0.25) is 0 Å². The van der Waals surface area contributed by atoms with Crippen LogP contribution >= 0.6 is 0 Å². The van der Waals surface area contributed by atoms with Crippen LogP contribution in [-0.2, 0) is 4.79 Å². The maximum absolute atomic E-state index is 11.8. The lowest BCUT2D eigenvalue weighted by Crippen LogP contribution is -2.40. The van der Waals surface area contributed by atoms with Crippen molar-refractivity contribution in [1.82, 2.24) is 0 Å². The molecule has 0 aromatic carbocycles. The van der Waals surface area contributed by atoms with Crippen molar-refractivity contribution < 1.29 is 4.79 Å². The van der Waals surface area contributed by atoms with Gasteiger partial charge in [-0.05, 0) is 18.8 Å². The van der Waals surface area contributed by atoms with E-state index in [2.05, 4.69) is 13.8 Å². The molecule has 0 spiro atoms. The lowest BCUT2D eigenvalue weighted by molar-refractivity contribution is -0.128. The molecule has 0 aliphatic rings. The summed E-state index contributed by atoms with van der Waals surface area (Å²) in [6, 6.07) is -0.282. The van der Waals surface area contributed by atoms with E-state index in [1.165, 1.54) is 0 Å². The first-order valence-corrected chi connectivity index (χ1v) is 5.11. The number of hydrogen-bond donors (Lipinski definition) is 1. The Morgan fingerprint density at radius 3 is 2.15 bits per heavy atom. The summed E-state index contributed by atoms with van der Waals surface area (Å²) < 4.78 is 0. The summed E-state index contributed by atoms with van der Waals surface area (Å²) >= 11 is 0. The summed E-state index contributed by atoms with van der Waals surface area (Å²) in [6.45, 7) is 10.1. The van der Waals surface area contributed by atoms with Crippen LogP contribution in [0.25, 0.3) is 0 Å². The van der Waals surface area contributed by atoms with Crippen molar-refractivity contribution in [1.29, 1.82) is 0 Å². The maximum Gasteiger partial charge on any atom is 0.155 e. The summed E-state index contributed by atoms with van der Waals surface area (Å²) in [7, 11) is 0. The van der Waals surface area contributed by atoms with E-state index in [1.807, 2.05) is 20.8 Å². The average molecular weight is 185 g/mol. The van der Waals surface area contributed by atoms with Crippen LogP contribution in [0.5, 0.6) is 0 Å². The maximum atomic E-state index is 11.8. The fourth-order valence-electron chi connectivity index (χ4n) is 1.29. The molecule has 0 unspecified atom stereocenters. The molecule has 0 amide bonds. The number of carbonyl (C=O) groups excluding carboxylic acids is 1. The quantitative estimate of drug-likeness (QED) is 0.714. The Balaban J connectivity index is 4.25. The van der Waals surface area contributed by atoms with Gasteiger partial charge in [-0.2, -0.15) is 0 Å². The van der Waals surface area contributed by atoms with Gasteiger partial charge in [0.25, 0.3) is 0 Å². The molecule has 1 atom stereocenters. The van der Waals surface area contributed by atoms with Gasteiger partial charge in [0.15, 0.2) is 5.78 Å². The highest BCUT2D eigenvalue weighted by molar-refractivity contribution is 5.88. The second kappa shape index (κ2) is 4.75. The van der Waals surface area contributed by atoms with Crippen LogP contribution in [0.3, 0.4) is 0 Å². The standard InChI is InChI=1S/C11H23NO/c1-6-11(4,5)10(13)9(12)7-8(2)3/h8-9H,6-7,12H2,1-5H3/t9-/m1/s1. The third-order valence-electron chi connectivity index (χ3n) is 2.61. The molecule has 0 saturated carbocycles. The number of carbonyl (C=O) groups is 1. The predicted octanol–water partition coefficient (Wildman–Crippen LogP) is 2.37. The van der Waals surface area contributed by atoms with Crippen molar-refractivity contribution in [2.45, 2.75) is 53.5 Å². The second-order valence-corrected chi connectivity index (χ2v) is 4.84. The van der Waals surface area contributed by atoms with Crippen LogP contribution in [0.4, 0.5) is 0 Å². The third kappa shape index (κ3) is 3.90. The van der Waals surface area contributed by atoms with Crippen molar-refractivity contribution in [2.24, 2.45) is 17.1 Å². The van der Waals surface area contributed by atoms with Gasteiger partial charge in [-0.25, -0.2) is 0 Å². The molecule has 0 radical (unpaired) electrons. The van der Waals surface area contributed by atoms with Crippen molar-refractivity contribution in [3.05, 3.63) is 0 Å². The Kier molecular flexibility index (Phi) is 4.62. The van der Waals surface area contributed by atoms with Gasteiger partial charge >= 0.3 is 0 Å². The largest absolute Gasteiger partial charge is 0.321 e. The van der Waals surface area contributed by atoms with Crippen molar-refractivity contribution in [3.8, 4) is 0 Å². The first kappa shape index (κ1) is 12.6. The van der Waals surface area contributed by atoms with E-state index in [0.717, 1.165) is 12.8 Å². The summed E-state index contributed by atoms with van der Waals surface area (Å²) in [5.74, 6) is 0.690. The zero-order chi connectivity index (χ0) is 10.6. The lowest BCUT2D eigenvalue weighted by Gasteiger charge is -2.25. The summed E-state index contributed by atoms with van der Waals surface area (Å²) in [6.07, 6.45) is 1.65. The zero-order valence-corrected chi connectivity index (χ0v) is 9.55. The van der Waals surface area contributed by atoms with Gasteiger partial charge in [-0.3, -0.25) is 4.79 Å².